The van der Waals surface area contributed by atoms with Gasteiger partial charge >= 0.3 is 5.91 Å². The fourth-order valence-corrected chi connectivity index (χ4v) is 4.13. The number of benzene rings is 2. The number of halogens is 1. The highest BCUT2D eigenvalue weighted by molar-refractivity contribution is 7.14. The van der Waals surface area contributed by atoms with Crippen LogP contribution in [0.3, 0.4) is 0 Å². The van der Waals surface area contributed by atoms with Gasteiger partial charge in [0, 0.05) is 17.1 Å². The first-order chi connectivity index (χ1) is 15.0. The van der Waals surface area contributed by atoms with Gasteiger partial charge in [-0.3, -0.25) is 14.5 Å². The molecule has 158 valence electrons. The van der Waals surface area contributed by atoms with Gasteiger partial charge in [-0.1, -0.05) is 6.07 Å². The molecule has 0 bridgehead atoms. The molecule has 2 heterocycles. The molecule has 1 aromatic heterocycles. The van der Waals surface area contributed by atoms with Crippen molar-refractivity contribution < 1.29 is 28.6 Å². The molecule has 0 saturated carbocycles. The molecule has 0 radical (unpaired) electrons. The van der Waals surface area contributed by atoms with Crippen molar-refractivity contribution in [2.24, 2.45) is 0 Å². The highest BCUT2D eigenvalue weighted by atomic mass is 32.1. The summed E-state index contributed by atoms with van der Waals surface area (Å²) in [6, 6.07) is 9.00. The van der Waals surface area contributed by atoms with E-state index in [1.54, 1.807) is 23.6 Å². The Morgan fingerprint density at radius 2 is 1.81 bits per heavy atom. The monoisotopic (exact) mass is 440 g/mol. The minimum Gasteiger partial charge on any atom is -0.507 e. The van der Waals surface area contributed by atoms with E-state index in [9.17, 15) is 19.1 Å². The highest BCUT2D eigenvalue weighted by Gasteiger charge is 2.48. The molecule has 1 amide bonds. The number of thiazole rings is 1. The average molecular weight is 440 g/mol. The summed E-state index contributed by atoms with van der Waals surface area (Å²) in [5, 5.41) is 12.9. The Labute approximate surface area is 181 Å². The van der Waals surface area contributed by atoms with E-state index < -0.39 is 29.3 Å². The number of carbonyl (C=O) groups excluding carboxylic acids is 2. The molecule has 31 heavy (non-hydrogen) atoms. The van der Waals surface area contributed by atoms with Gasteiger partial charge in [0.05, 0.1) is 25.8 Å². The number of ketones is 1. The van der Waals surface area contributed by atoms with E-state index in [0.717, 1.165) is 12.1 Å². The van der Waals surface area contributed by atoms with Crippen molar-refractivity contribution in [1.82, 2.24) is 4.98 Å². The van der Waals surface area contributed by atoms with E-state index in [-0.39, 0.29) is 11.1 Å². The molecule has 1 aliphatic heterocycles. The predicted molar refractivity (Wildman–Crippen MR) is 113 cm³/mol. The van der Waals surface area contributed by atoms with Crippen LogP contribution in [0.25, 0.3) is 5.76 Å². The second-order valence-electron chi connectivity index (χ2n) is 6.61. The van der Waals surface area contributed by atoms with Crippen LogP contribution in [-0.2, 0) is 9.59 Å². The fourth-order valence-electron chi connectivity index (χ4n) is 3.47. The number of hydrogen-bond donors (Lipinski definition) is 1. The van der Waals surface area contributed by atoms with E-state index in [2.05, 4.69) is 4.98 Å². The van der Waals surface area contributed by atoms with Crippen LogP contribution < -0.4 is 14.4 Å². The maximum Gasteiger partial charge on any atom is 0.301 e. The highest BCUT2D eigenvalue weighted by Crippen LogP contribution is 2.44. The third-order valence-electron chi connectivity index (χ3n) is 4.91. The number of aromatic nitrogens is 1. The van der Waals surface area contributed by atoms with Gasteiger partial charge in [-0.05, 0) is 42.0 Å². The number of amides is 1. The summed E-state index contributed by atoms with van der Waals surface area (Å²) in [5.74, 6) is -1.72. The van der Waals surface area contributed by atoms with E-state index in [0.29, 0.717) is 22.2 Å². The number of nitrogens with zero attached hydrogens (tertiary/aromatic N) is 2. The number of rotatable bonds is 5. The SMILES string of the molecule is COc1ccc(C2C(=C(O)c3ccc(F)cc3)C(=O)C(=O)N2c2nccs2)cc1OC. The summed E-state index contributed by atoms with van der Waals surface area (Å²) < 4.78 is 24.0. The van der Waals surface area contributed by atoms with Crippen molar-refractivity contribution in [3.8, 4) is 11.5 Å². The van der Waals surface area contributed by atoms with Crippen LogP contribution in [0.1, 0.15) is 17.2 Å². The van der Waals surface area contributed by atoms with Crippen molar-refractivity contribution in [2.75, 3.05) is 19.1 Å². The third kappa shape index (κ3) is 3.53. The number of hydrogen-bond acceptors (Lipinski definition) is 7. The largest absolute Gasteiger partial charge is 0.507 e. The van der Waals surface area contributed by atoms with Gasteiger partial charge in [-0.2, -0.15) is 0 Å². The van der Waals surface area contributed by atoms with Crippen LogP contribution in [0.4, 0.5) is 9.52 Å². The zero-order valence-corrected chi connectivity index (χ0v) is 17.4. The van der Waals surface area contributed by atoms with Crippen LogP contribution in [0.5, 0.6) is 11.5 Å². The number of aliphatic hydroxyl groups is 1. The third-order valence-corrected chi connectivity index (χ3v) is 5.68. The molecular weight excluding hydrogens is 423 g/mol. The van der Waals surface area contributed by atoms with Crippen molar-refractivity contribution in [2.45, 2.75) is 6.04 Å². The second-order valence-corrected chi connectivity index (χ2v) is 7.48. The van der Waals surface area contributed by atoms with Crippen molar-refractivity contribution in [3.63, 3.8) is 0 Å². The quantitative estimate of drug-likeness (QED) is 0.367. The summed E-state index contributed by atoms with van der Waals surface area (Å²) in [6.45, 7) is 0. The second kappa shape index (κ2) is 8.19. The van der Waals surface area contributed by atoms with E-state index >= 15 is 0 Å². The Balaban J connectivity index is 1.94. The predicted octanol–water partition coefficient (Wildman–Crippen LogP) is 3.93. The molecule has 4 rings (SSSR count). The van der Waals surface area contributed by atoms with Crippen molar-refractivity contribution in [3.05, 3.63) is 76.6 Å². The van der Waals surface area contributed by atoms with Gasteiger partial charge in [0.15, 0.2) is 16.6 Å². The van der Waals surface area contributed by atoms with Crippen LogP contribution in [-0.4, -0.2) is 36.0 Å². The molecule has 9 heteroatoms. The summed E-state index contributed by atoms with van der Waals surface area (Å²) >= 11 is 1.19. The Hall–Kier alpha value is -3.72. The average Bonchev–Trinajstić information content (AvgIpc) is 3.40. The van der Waals surface area contributed by atoms with E-state index in [4.69, 9.17) is 9.47 Å². The summed E-state index contributed by atoms with van der Waals surface area (Å²) in [5.41, 5.74) is 0.596. The lowest BCUT2D eigenvalue weighted by Crippen LogP contribution is -2.29. The molecule has 0 aliphatic carbocycles. The number of methoxy groups -OCH3 is 2. The standard InChI is InChI=1S/C22H17FN2O5S/c1-29-15-8-5-13(11-16(15)30-2)18-17(19(26)12-3-6-14(23)7-4-12)20(27)21(28)25(18)22-24-9-10-31-22/h3-11,18,26H,1-2H3. The molecule has 2 aromatic carbocycles. The minimum absolute atomic E-state index is 0.126. The molecule has 1 atom stereocenters. The van der Waals surface area contributed by atoms with Gasteiger partial charge in [0.25, 0.3) is 5.78 Å². The molecular formula is C22H17FN2O5S. The maximum absolute atomic E-state index is 13.4. The summed E-state index contributed by atoms with van der Waals surface area (Å²) in [6.07, 6.45) is 1.52. The van der Waals surface area contributed by atoms with E-state index in [1.165, 1.54) is 48.8 Å². The number of carbonyl (C=O) groups is 2. The topological polar surface area (TPSA) is 89.0 Å². The van der Waals surface area contributed by atoms with Gasteiger partial charge in [-0.25, -0.2) is 9.37 Å². The molecule has 1 fully saturated rings. The zero-order chi connectivity index (χ0) is 22.1. The van der Waals surface area contributed by atoms with Crippen molar-refractivity contribution >= 4 is 33.9 Å². The van der Waals surface area contributed by atoms with Gasteiger partial charge in [-0.15, -0.1) is 11.3 Å². The fraction of sp³-hybridized carbons (Fsp3) is 0.136. The lowest BCUT2D eigenvalue weighted by molar-refractivity contribution is -0.132. The summed E-state index contributed by atoms with van der Waals surface area (Å²) in [7, 11) is 2.96. The Morgan fingerprint density at radius 1 is 1.10 bits per heavy atom. The molecule has 1 aliphatic rings. The molecule has 0 spiro atoms. The zero-order valence-electron chi connectivity index (χ0n) is 16.5. The lowest BCUT2D eigenvalue weighted by Gasteiger charge is -2.23. The first kappa shape index (κ1) is 20.5. The molecule has 7 nitrogen and oxygen atoms in total. The number of Topliss-reactive ketones (excluding diaryl/α,β-unsaturated/α-hetero) is 1. The molecule has 1 N–H and O–H groups in total. The number of anilines is 1. The van der Waals surface area contributed by atoms with Gasteiger partial charge in [0.1, 0.15) is 11.6 Å². The minimum atomic E-state index is -0.962. The molecule has 3 aromatic rings. The Bertz CT molecular complexity index is 1180. The number of ether oxygens (including phenoxy) is 2. The van der Waals surface area contributed by atoms with Crippen LogP contribution in [0, 0.1) is 5.82 Å². The number of aliphatic hydroxyl groups excluding tert-OH is 1. The van der Waals surface area contributed by atoms with E-state index in [1.807, 2.05) is 0 Å². The smallest absolute Gasteiger partial charge is 0.301 e. The molecule has 1 saturated heterocycles. The first-order valence-corrected chi connectivity index (χ1v) is 10.0. The first-order valence-electron chi connectivity index (χ1n) is 9.14. The van der Waals surface area contributed by atoms with Crippen molar-refractivity contribution in [1.29, 1.82) is 0 Å². The van der Waals surface area contributed by atoms with Gasteiger partial charge in [0.2, 0.25) is 0 Å². The van der Waals surface area contributed by atoms with Crippen LogP contribution in [0.15, 0.2) is 59.6 Å². The van der Waals surface area contributed by atoms with Crippen LogP contribution >= 0.6 is 11.3 Å². The van der Waals surface area contributed by atoms with Crippen LogP contribution in [0.2, 0.25) is 0 Å². The lowest BCUT2D eigenvalue weighted by atomic mass is 9.95. The van der Waals surface area contributed by atoms with Gasteiger partial charge < -0.3 is 14.6 Å². The Kier molecular flexibility index (Phi) is 5.43. The summed E-state index contributed by atoms with van der Waals surface area (Å²) in [4.78, 5) is 31.4. The Morgan fingerprint density at radius 3 is 2.42 bits per heavy atom. The molecule has 1 unspecified atom stereocenters. The maximum atomic E-state index is 13.4. The normalized spacial score (nSPS) is 17.8.